The molecule has 1 aromatic heterocycles. The molecule has 132 valence electrons. The number of hydrogen-bond donors (Lipinski definition) is 2. The summed E-state index contributed by atoms with van der Waals surface area (Å²) in [7, 11) is 0. The van der Waals surface area contributed by atoms with Gasteiger partial charge in [0, 0.05) is 11.1 Å². The summed E-state index contributed by atoms with van der Waals surface area (Å²) in [5.41, 5.74) is 5.02. The van der Waals surface area contributed by atoms with Crippen LogP contribution in [0.4, 0.5) is 18.9 Å². The standard InChI is InChI=1S/C17H16F3N3O2/c1-8(24)7-22-16(25)14-6-13(21)11-4-10(9-2-3-9)5-12(15(11)23-14)17(18,19)20/h4-6,9H,2-3,7H2,1H3,(H2,21,23)(H,22,25). The summed E-state index contributed by atoms with van der Waals surface area (Å²) in [5, 5.41) is 2.48. The number of ketones is 1. The second-order valence-electron chi connectivity index (χ2n) is 6.22. The first-order valence-electron chi connectivity index (χ1n) is 7.76. The topological polar surface area (TPSA) is 85.1 Å². The lowest BCUT2D eigenvalue weighted by atomic mass is 10.00. The molecule has 0 spiro atoms. The molecule has 3 rings (SSSR count). The zero-order valence-corrected chi connectivity index (χ0v) is 13.4. The minimum Gasteiger partial charge on any atom is -0.398 e. The maximum atomic E-state index is 13.5. The van der Waals surface area contributed by atoms with Crippen LogP contribution in [0.3, 0.4) is 0 Å². The normalized spacial score (nSPS) is 14.6. The number of carbonyl (C=O) groups is 2. The molecule has 0 unspecified atom stereocenters. The number of alkyl halides is 3. The highest BCUT2D eigenvalue weighted by Crippen LogP contribution is 2.44. The highest BCUT2D eigenvalue weighted by Gasteiger charge is 2.36. The minimum atomic E-state index is -4.61. The average Bonchev–Trinajstić information content (AvgIpc) is 3.35. The molecular formula is C17H16F3N3O2. The summed E-state index contributed by atoms with van der Waals surface area (Å²) in [6.07, 6.45) is -2.92. The second kappa shape index (κ2) is 6.02. The highest BCUT2D eigenvalue weighted by molar-refractivity contribution is 6.01. The fraction of sp³-hybridized carbons (Fsp3) is 0.353. The molecule has 2 aromatic rings. The molecule has 25 heavy (non-hydrogen) atoms. The van der Waals surface area contributed by atoms with E-state index < -0.39 is 17.6 Å². The number of nitrogens with one attached hydrogen (secondary N) is 1. The number of benzene rings is 1. The monoisotopic (exact) mass is 351 g/mol. The fourth-order valence-corrected chi connectivity index (χ4v) is 2.66. The van der Waals surface area contributed by atoms with Gasteiger partial charge in [0.1, 0.15) is 11.5 Å². The van der Waals surface area contributed by atoms with Gasteiger partial charge in [-0.2, -0.15) is 13.2 Å². The lowest BCUT2D eigenvalue weighted by molar-refractivity contribution is -0.136. The maximum Gasteiger partial charge on any atom is 0.418 e. The molecule has 3 N–H and O–H groups in total. The van der Waals surface area contributed by atoms with Gasteiger partial charge in [0.25, 0.3) is 5.91 Å². The van der Waals surface area contributed by atoms with Crippen molar-refractivity contribution in [2.24, 2.45) is 0 Å². The van der Waals surface area contributed by atoms with Gasteiger partial charge in [-0.3, -0.25) is 9.59 Å². The van der Waals surface area contributed by atoms with Crippen molar-refractivity contribution in [2.75, 3.05) is 12.3 Å². The Balaban J connectivity index is 2.13. The Labute approximate surface area is 141 Å². The summed E-state index contributed by atoms with van der Waals surface area (Å²) < 4.78 is 40.4. The number of pyridine rings is 1. The number of carbonyl (C=O) groups excluding carboxylic acids is 2. The van der Waals surface area contributed by atoms with Crippen LogP contribution in [0.15, 0.2) is 18.2 Å². The van der Waals surface area contributed by atoms with Gasteiger partial charge >= 0.3 is 6.18 Å². The van der Waals surface area contributed by atoms with Gasteiger partial charge in [0.15, 0.2) is 0 Å². The summed E-state index contributed by atoms with van der Waals surface area (Å²) in [6.45, 7) is 1.05. The Bertz CT molecular complexity index is 874. The molecule has 1 amide bonds. The number of nitrogens with zero attached hydrogens (tertiary/aromatic N) is 1. The van der Waals surface area contributed by atoms with Gasteiger partial charge in [0.2, 0.25) is 0 Å². The molecule has 0 bridgehead atoms. The molecule has 1 aliphatic carbocycles. The largest absolute Gasteiger partial charge is 0.418 e. The van der Waals surface area contributed by atoms with E-state index in [0.29, 0.717) is 5.56 Å². The van der Waals surface area contributed by atoms with Crippen molar-refractivity contribution < 1.29 is 22.8 Å². The molecule has 1 fully saturated rings. The summed E-state index contributed by atoms with van der Waals surface area (Å²) >= 11 is 0. The van der Waals surface area contributed by atoms with E-state index in [2.05, 4.69) is 10.3 Å². The Kier molecular flexibility index (Phi) is 4.14. The van der Waals surface area contributed by atoms with E-state index in [1.807, 2.05) is 0 Å². The third kappa shape index (κ3) is 3.57. The van der Waals surface area contributed by atoms with Gasteiger partial charge in [-0.15, -0.1) is 0 Å². The third-order valence-corrected chi connectivity index (χ3v) is 4.05. The Morgan fingerprint density at radius 2 is 1.96 bits per heavy atom. The first-order valence-corrected chi connectivity index (χ1v) is 7.76. The molecular weight excluding hydrogens is 335 g/mol. The number of rotatable bonds is 4. The van der Waals surface area contributed by atoms with Crippen molar-refractivity contribution in [3.05, 3.63) is 35.0 Å². The van der Waals surface area contributed by atoms with Crippen LogP contribution in [-0.2, 0) is 11.0 Å². The van der Waals surface area contributed by atoms with E-state index >= 15 is 0 Å². The van der Waals surface area contributed by atoms with E-state index in [4.69, 9.17) is 5.73 Å². The lowest BCUT2D eigenvalue weighted by Gasteiger charge is -2.15. The summed E-state index contributed by atoms with van der Waals surface area (Å²) in [6, 6.07) is 3.93. The van der Waals surface area contributed by atoms with Crippen LogP contribution in [0, 0.1) is 0 Å². The van der Waals surface area contributed by atoms with Crippen LogP contribution in [0.25, 0.3) is 10.9 Å². The van der Waals surface area contributed by atoms with Crippen LogP contribution in [-0.4, -0.2) is 23.2 Å². The first kappa shape index (κ1) is 17.2. The number of anilines is 1. The van der Waals surface area contributed by atoms with Crippen LogP contribution >= 0.6 is 0 Å². The predicted octanol–water partition coefficient (Wildman–Crippen LogP) is 3.03. The van der Waals surface area contributed by atoms with Crippen molar-refractivity contribution in [1.29, 1.82) is 0 Å². The zero-order chi connectivity index (χ0) is 18.4. The quantitative estimate of drug-likeness (QED) is 0.887. The Morgan fingerprint density at radius 1 is 1.28 bits per heavy atom. The number of nitrogens with two attached hydrogens (primary N) is 1. The molecule has 0 radical (unpaired) electrons. The minimum absolute atomic E-state index is 0.0472. The Hall–Kier alpha value is -2.64. The average molecular weight is 351 g/mol. The number of aromatic nitrogens is 1. The number of fused-ring (bicyclic) bond motifs is 1. The van der Waals surface area contributed by atoms with Crippen LogP contribution in [0.5, 0.6) is 0 Å². The molecule has 1 heterocycles. The number of hydrogen-bond acceptors (Lipinski definition) is 4. The third-order valence-electron chi connectivity index (χ3n) is 4.05. The molecule has 1 saturated carbocycles. The second-order valence-corrected chi connectivity index (χ2v) is 6.22. The van der Waals surface area contributed by atoms with Gasteiger partial charge < -0.3 is 11.1 Å². The summed E-state index contributed by atoms with van der Waals surface area (Å²) in [4.78, 5) is 26.8. The molecule has 5 nitrogen and oxygen atoms in total. The van der Waals surface area contributed by atoms with E-state index in [1.54, 1.807) is 6.07 Å². The van der Waals surface area contributed by atoms with Crippen molar-refractivity contribution >= 4 is 28.3 Å². The number of Topliss-reactive ketones (excluding diaryl/α,β-unsaturated/α-hetero) is 1. The van der Waals surface area contributed by atoms with Crippen molar-refractivity contribution in [1.82, 2.24) is 10.3 Å². The van der Waals surface area contributed by atoms with E-state index in [0.717, 1.165) is 18.9 Å². The molecule has 1 aliphatic rings. The molecule has 8 heteroatoms. The maximum absolute atomic E-state index is 13.5. The van der Waals surface area contributed by atoms with E-state index in [-0.39, 0.29) is 40.5 Å². The molecule has 0 saturated heterocycles. The molecule has 0 aliphatic heterocycles. The van der Waals surface area contributed by atoms with Crippen molar-refractivity contribution in [3.8, 4) is 0 Å². The van der Waals surface area contributed by atoms with E-state index in [1.165, 1.54) is 13.0 Å². The van der Waals surface area contributed by atoms with Gasteiger partial charge in [-0.25, -0.2) is 4.98 Å². The van der Waals surface area contributed by atoms with Gasteiger partial charge in [-0.1, -0.05) is 0 Å². The highest BCUT2D eigenvalue weighted by atomic mass is 19.4. The van der Waals surface area contributed by atoms with Gasteiger partial charge in [-0.05, 0) is 49.4 Å². The van der Waals surface area contributed by atoms with Crippen LogP contribution < -0.4 is 11.1 Å². The Morgan fingerprint density at radius 3 is 2.52 bits per heavy atom. The number of halogens is 3. The molecule has 1 aromatic carbocycles. The van der Waals surface area contributed by atoms with Crippen molar-refractivity contribution in [3.63, 3.8) is 0 Å². The lowest BCUT2D eigenvalue weighted by Crippen LogP contribution is -2.29. The predicted molar refractivity (Wildman–Crippen MR) is 86.1 cm³/mol. The first-order chi connectivity index (χ1) is 11.7. The smallest absolute Gasteiger partial charge is 0.398 e. The van der Waals surface area contributed by atoms with Crippen LogP contribution in [0.2, 0.25) is 0 Å². The number of nitrogen functional groups attached to an aromatic ring is 1. The fourth-order valence-electron chi connectivity index (χ4n) is 2.66. The molecule has 0 atom stereocenters. The van der Waals surface area contributed by atoms with Crippen LogP contribution in [0.1, 0.15) is 47.3 Å². The summed E-state index contributed by atoms with van der Waals surface area (Å²) in [5.74, 6) is -0.918. The SMILES string of the molecule is CC(=O)CNC(=O)c1cc(N)c2cc(C3CC3)cc(C(F)(F)F)c2n1. The number of amides is 1. The van der Waals surface area contributed by atoms with Gasteiger partial charge in [0.05, 0.1) is 17.6 Å². The zero-order valence-electron chi connectivity index (χ0n) is 13.4. The van der Waals surface area contributed by atoms with E-state index in [9.17, 15) is 22.8 Å². The van der Waals surface area contributed by atoms with Crippen molar-refractivity contribution in [2.45, 2.75) is 31.9 Å².